The van der Waals surface area contributed by atoms with Crippen LogP contribution in [0.25, 0.3) is 17.3 Å². The number of thioether (sulfide) groups is 1. The summed E-state index contributed by atoms with van der Waals surface area (Å²) in [6.45, 7) is 3.95. The molecule has 2 aromatic heterocycles. The lowest BCUT2D eigenvalue weighted by atomic mass is 9.97. The van der Waals surface area contributed by atoms with E-state index < -0.39 is 11.8 Å². The second kappa shape index (κ2) is 11.6. The molecule has 39 heavy (non-hydrogen) atoms. The lowest BCUT2D eigenvalue weighted by Crippen LogP contribution is -2.38. The van der Waals surface area contributed by atoms with Gasteiger partial charge in [-0.05, 0) is 67.4 Å². The van der Waals surface area contributed by atoms with Gasteiger partial charge >= 0.3 is 0 Å². The smallest absolute Gasteiger partial charge is 0.290 e. The largest absolute Gasteiger partial charge is 0.341 e. The highest BCUT2D eigenvalue weighted by atomic mass is 32.2. The number of aromatic nitrogens is 3. The van der Waals surface area contributed by atoms with Crippen molar-refractivity contribution in [2.24, 2.45) is 5.92 Å². The predicted octanol–water partition coefficient (Wildman–Crippen LogP) is 4.98. The minimum Gasteiger partial charge on any atom is -0.341 e. The number of pyridine rings is 1. The molecule has 0 atom stereocenters. The summed E-state index contributed by atoms with van der Waals surface area (Å²) in [5.74, 6) is -2.21. The van der Waals surface area contributed by atoms with Crippen LogP contribution in [-0.4, -0.2) is 45.7 Å². The van der Waals surface area contributed by atoms with Crippen molar-refractivity contribution in [3.8, 4) is 11.3 Å². The van der Waals surface area contributed by atoms with E-state index in [2.05, 4.69) is 30.5 Å². The molecule has 11 heteroatoms. The van der Waals surface area contributed by atoms with E-state index in [-0.39, 0.29) is 10.8 Å². The summed E-state index contributed by atoms with van der Waals surface area (Å²) in [4.78, 5) is 39.3. The van der Waals surface area contributed by atoms with Gasteiger partial charge in [-0.3, -0.25) is 19.9 Å². The van der Waals surface area contributed by atoms with Gasteiger partial charge < -0.3 is 10.2 Å². The van der Waals surface area contributed by atoms with E-state index in [1.807, 2.05) is 18.2 Å². The highest BCUT2D eigenvalue weighted by molar-refractivity contribution is 8.18. The Bertz CT molecular complexity index is 1400. The molecule has 3 aromatic rings. The average molecular weight is 551 g/mol. The number of alkyl halides is 2. The van der Waals surface area contributed by atoms with Gasteiger partial charge in [0, 0.05) is 43.9 Å². The van der Waals surface area contributed by atoms with Gasteiger partial charge in [0.2, 0.25) is 5.95 Å². The van der Waals surface area contributed by atoms with Gasteiger partial charge in [-0.2, -0.15) is 0 Å². The van der Waals surface area contributed by atoms with Crippen LogP contribution >= 0.6 is 11.8 Å². The lowest BCUT2D eigenvalue weighted by molar-refractivity contribution is -0.115. The zero-order chi connectivity index (χ0) is 27.4. The van der Waals surface area contributed by atoms with Crippen LogP contribution in [0.3, 0.4) is 0 Å². The fourth-order valence-corrected chi connectivity index (χ4v) is 5.25. The zero-order valence-corrected chi connectivity index (χ0v) is 22.2. The SMILES string of the molecule is CC(F)(F)c1cccc(-c2cccc(CNCC3CCN(c4nccc(/C=C5\SC(=O)NC5=O)n4)CC3)n2)c1. The van der Waals surface area contributed by atoms with Crippen molar-refractivity contribution in [3.05, 3.63) is 76.6 Å². The summed E-state index contributed by atoms with van der Waals surface area (Å²) in [7, 11) is 0. The van der Waals surface area contributed by atoms with Crippen molar-refractivity contribution in [1.29, 1.82) is 0 Å². The maximum absolute atomic E-state index is 13.7. The summed E-state index contributed by atoms with van der Waals surface area (Å²) in [6, 6.07) is 13.7. The Morgan fingerprint density at radius 1 is 1.13 bits per heavy atom. The van der Waals surface area contributed by atoms with Crippen LogP contribution in [0.5, 0.6) is 0 Å². The number of nitrogens with zero attached hydrogens (tertiary/aromatic N) is 4. The first-order chi connectivity index (χ1) is 18.7. The molecule has 2 N–H and O–H groups in total. The first-order valence-electron chi connectivity index (χ1n) is 12.7. The number of hydrogen-bond acceptors (Lipinski definition) is 8. The molecule has 8 nitrogen and oxygen atoms in total. The summed E-state index contributed by atoms with van der Waals surface area (Å²) < 4.78 is 27.5. The average Bonchev–Trinajstić information content (AvgIpc) is 3.25. The number of halogens is 2. The maximum Gasteiger partial charge on any atom is 0.290 e. The minimum atomic E-state index is -2.90. The van der Waals surface area contributed by atoms with Gasteiger partial charge in [0.15, 0.2) is 0 Å². The number of hydrogen-bond donors (Lipinski definition) is 2. The van der Waals surface area contributed by atoms with E-state index in [1.54, 1.807) is 30.5 Å². The molecule has 202 valence electrons. The number of benzene rings is 1. The third-order valence-corrected chi connectivity index (χ3v) is 7.50. The highest BCUT2D eigenvalue weighted by Gasteiger charge is 2.26. The molecule has 2 fully saturated rings. The molecule has 2 aliphatic rings. The van der Waals surface area contributed by atoms with Gasteiger partial charge in [-0.25, -0.2) is 18.7 Å². The number of nitrogens with one attached hydrogen (secondary N) is 2. The van der Waals surface area contributed by atoms with E-state index >= 15 is 0 Å². The Morgan fingerprint density at radius 3 is 2.67 bits per heavy atom. The fraction of sp³-hybridized carbons (Fsp3) is 0.321. The van der Waals surface area contributed by atoms with E-state index in [0.717, 1.165) is 56.9 Å². The van der Waals surface area contributed by atoms with Crippen LogP contribution in [0.4, 0.5) is 19.5 Å². The molecular formula is C28H28F2N6O2S. The van der Waals surface area contributed by atoms with Gasteiger partial charge in [0.25, 0.3) is 17.1 Å². The molecule has 2 saturated heterocycles. The third kappa shape index (κ3) is 6.85. The summed E-state index contributed by atoms with van der Waals surface area (Å²) in [5, 5.41) is 5.35. The van der Waals surface area contributed by atoms with E-state index in [1.165, 1.54) is 12.1 Å². The minimum absolute atomic E-state index is 0.0254. The van der Waals surface area contributed by atoms with Crippen LogP contribution in [0.15, 0.2) is 59.6 Å². The summed E-state index contributed by atoms with van der Waals surface area (Å²) in [5.41, 5.74) is 2.76. The van der Waals surface area contributed by atoms with Gasteiger partial charge in [-0.1, -0.05) is 24.3 Å². The molecule has 0 unspecified atom stereocenters. The Hall–Kier alpha value is -3.70. The molecular weight excluding hydrogens is 522 g/mol. The van der Waals surface area contributed by atoms with E-state index in [9.17, 15) is 18.4 Å². The molecule has 5 rings (SSSR count). The molecule has 2 amide bonds. The normalized spacial score (nSPS) is 17.6. The molecule has 0 saturated carbocycles. The number of amides is 2. The first-order valence-corrected chi connectivity index (χ1v) is 13.5. The number of carbonyl (C=O) groups is 2. The molecule has 1 aromatic carbocycles. The fourth-order valence-electron chi connectivity index (χ4n) is 4.58. The Kier molecular flexibility index (Phi) is 7.99. The Morgan fingerprint density at radius 2 is 1.92 bits per heavy atom. The molecule has 4 heterocycles. The number of piperidine rings is 1. The van der Waals surface area contributed by atoms with Crippen LogP contribution in [0, 0.1) is 5.92 Å². The number of imide groups is 1. The van der Waals surface area contributed by atoms with Crippen LogP contribution in [0.2, 0.25) is 0 Å². The monoisotopic (exact) mass is 550 g/mol. The Balaban J connectivity index is 1.12. The van der Waals surface area contributed by atoms with Gasteiger partial charge in [-0.15, -0.1) is 0 Å². The van der Waals surface area contributed by atoms with Crippen LogP contribution in [-0.2, 0) is 17.3 Å². The van der Waals surface area contributed by atoms with E-state index in [4.69, 9.17) is 0 Å². The van der Waals surface area contributed by atoms with Crippen LogP contribution < -0.4 is 15.5 Å². The second-order valence-electron chi connectivity index (χ2n) is 9.68. The van der Waals surface area contributed by atoms with Gasteiger partial charge in [0.1, 0.15) is 0 Å². The standard InChI is InChI=1S/C28H28F2N6O2S/c1-28(29,30)20-5-2-4-19(14-20)23-7-3-6-22(33-23)17-31-16-18-9-12-36(13-10-18)26-32-11-8-21(34-26)15-24-25(37)35-27(38)39-24/h2-8,11,14-15,18,31H,9-10,12-13,16-17H2,1H3,(H,35,37,38)/b24-15-. The summed E-state index contributed by atoms with van der Waals surface area (Å²) in [6.07, 6.45) is 5.21. The summed E-state index contributed by atoms with van der Waals surface area (Å²) >= 11 is 0.866. The predicted molar refractivity (Wildman–Crippen MR) is 147 cm³/mol. The molecule has 0 bridgehead atoms. The molecule has 2 aliphatic heterocycles. The number of rotatable bonds is 8. The number of anilines is 1. The third-order valence-electron chi connectivity index (χ3n) is 6.69. The van der Waals surface area contributed by atoms with Crippen molar-refractivity contribution < 1.29 is 18.4 Å². The van der Waals surface area contributed by atoms with Crippen molar-refractivity contribution >= 4 is 34.9 Å². The topological polar surface area (TPSA) is 100 Å². The molecule has 0 radical (unpaired) electrons. The molecule has 0 spiro atoms. The van der Waals surface area contributed by atoms with Gasteiger partial charge in [0.05, 0.1) is 22.0 Å². The second-order valence-corrected chi connectivity index (χ2v) is 10.7. The Labute approximate surface area is 229 Å². The van der Waals surface area contributed by atoms with Crippen LogP contribution in [0.1, 0.15) is 36.7 Å². The van der Waals surface area contributed by atoms with Crippen molar-refractivity contribution in [2.45, 2.75) is 32.2 Å². The van der Waals surface area contributed by atoms with Crippen molar-refractivity contribution in [2.75, 3.05) is 24.5 Å². The first kappa shape index (κ1) is 26.9. The van der Waals surface area contributed by atoms with E-state index in [0.29, 0.717) is 40.3 Å². The molecule has 0 aliphatic carbocycles. The number of carbonyl (C=O) groups excluding carboxylic acids is 2. The highest BCUT2D eigenvalue weighted by Crippen LogP contribution is 2.30. The van der Waals surface area contributed by atoms with Crippen molar-refractivity contribution in [1.82, 2.24) is 25.6 Å². The zero-order valence-electron chi connectivity index (χ0n) is 21.4. The quantitative estimate of drug-likeness (QED) is 0.379. The maximum atomic E-state index is 13.7. The lowest BCUT2D eigenvalue weighted by Gasteiger charge is -2.32. The van der Waals surface area contributed by atoms with Crippen molar-refractivity contribution in [3.63, 3.8) is 0 Å².